The highest BCUT2D eigenvalue weighted by Crippen LogP contribution is 2.32. The van der Waals surface area contributed by atoms with Crippen LogP contribution in [0.3, 0.4) is 0 Å². The number of amides is 2. The molecule has 2 amide bonds. The van der Waals surface area contributed by atoms with Gasteiger partial charge in [-0.3, -0.25) is 0 Å². The van der Waals surface area contributed by atoms with Crippen LogP contribution in [0.15, 0.2) is 58.3 Å². The molecule has 0 saturated heterocycles. The van der Waals surface area contributed by atoms with Gasteiger partial charge in [0.1, 0.15) is 11.9 Å². The Bertz CT molecular complexity index is 850. The number of fused-ring (bicyclic) bond motifs is 1. The highest BCUT2D eigenvalue weighted by molar-refractivity contribution is 7.91. The summed E-state index contributed by atoms with van der Waals surface area (Å²) in [5.41, 5.74) is 6.02. The first-order chi connectivity index (χ1) is 11.5. The van der Waals surface area contributed by atoms with E-state index in [1.807, 2.05) is 0 Å². The molecule has 1 aliphatic rings. The quantitative estimate of drug-likeness (QED) is 0.883. The predicted molar refractivity (Wildman–Crippen MR) is 88.7 cm³/mol. The number of hydrogen-bond donors (Lipinski definition) is 2. The van der Waals surface area contributed by atoms with Crippen LogP contribution in [0, 0.1) is 0 Å². The number of primary amides is 1. The molecule has 7 heteroatoms. The molecular formula is C17H18N2O4S. The monoisotopic (exact) mass is 346 g/mol. The minimum Gasteiger partial charge on any atom is -0.488 e. The zero-order chi connectivity index (χ0) is 17.2. The van der Waals surface area contributed by atoms with Gasteiger partial charge in [0.05, 0.1) is 16.3 Å². The van der Waals surface area contributed by atoms with E-state index >= 15 is 0 Å². The van der Waals surface area contributed by atoms with Gasteiger partial charge in [-0.15, -0.1) is 0 Å². The van der Waals surface area contributed by atoms with Crippen LogP contribution in [0.5, 0.6) is 5.75 Å². The average Bonchev–Trinajstić information content (AvgIpc) is 2.60. The SMILES string of the molecule is NC(=O)NCC1CCc2ccc(S(=O)(=O)c3ccccc3)cc2O1. The Morgan fingerprint density at radius 1 is 1.17 bits per heavy atom. The summed E-state index contributed by atoms with van der Waals surface area (Å²) in [6.07, 6.45) is 1.27. The number of carbonyl (C=O) groups is 1. The lowest BCUT2D eigenvalue weighted by Gasteiger charge is -2.26. The Morgan fingerprint density at radius 3 is 2.62 bits per heavy atom. The first-order valence-corrected chi connectivity index (χ1v) is 9.08. The van der Waals surface area contributed by atoms with Crippen molar-refractivity contribution in [2.45, 2.75) is 28.7 Å². The van der Waals surface area contributed by atoms with Crippen LogP contribution in [0.4, 0.5) is 4.79 Å². The predicted octanol–water partition coefficient (Wildman–Crippen LogP) is 1.88. The number of rotatable bonds is 4. The zero-order valence-electron chi connectivity index (χ0n) is 12.9. The van der Waals surface area contributed by atoms with Crippen LogP contribution in [-0.4, -0.2) is 27.1 Å². The van der Waals surface area contributed by atoms with Gasteiger partial charge in [-0.25, -0.2) is 13.2 Å². The van der Waals surface area contributed by atoms with E-state index in [0.29, 0.717) is 12.3 Å². The molecule has 0 fully saturated rings. The van der Waals surface area contributed by atoms with Crippen molar-refractivity contribution in [3.63, 3.8) is 0 Å². The zero-order valence-corrected chi connectivity index (χ0v) is 13.8. The van der Waals surface area contributed by atoms with Crippen molar-refractivity contribution in [1.29, 1.82) is 0 Å². The average molecular weight is 346 g/mol. The van der Waals surface area contributed by atoms with E-state index < -0.39 is 15.9 Å². The molecule has 1 unspecified atom stereocenters. The van der Waals surface area contributed by atoms with Crippen LogP contribution in [-0.2, 0) is 16.3 Å². The maximum absolute atomic E-state index is 12.7. The summed E-state index contributed by atoms with van der Waals surface area (Å²) in [6.45, 7) is 0.296. The molecule has 1 heterocycles. The molecule has 2 aromatic carbocycles. The van der Waals surface area contributed by atoms with Crippen molar-refractivity contribution in [2.75, 3.05) is 6.54 Å². The Morgan fingerprint density at radius 2 is 1.92 bits per heavy atom. The summed E-state index contributed by atoms with van der Waals surface area (Å²) < 4.78 is 31.2. The van der Waals surface area contributed by atoms with E-state index in [2.05, 4.69) is 5.32 Å². The van der Waals surface area contributed by atoms with E-state index in [0.717, 1.165) is 18.4 Å². The minimum absolute atomic E-state index is 0.191. The second-order valence-electron chi connectivity index (χ2n) is 5.61. The molecule has 0 bridgehead atoms. The van der Waals surface area contributed by atoms with E-state index in [9.17, 15) is 13.2 Å². The van der Waals surface area contributed by atoms with Crippen molar-refractivity contribution in [3.8, 4) is 5.75 Å². The van der Waals surface area contributed by atoms with Gasteiger partial charge in [0.15, 0.2) is 0 Å². The lowest BCUT2D eigenvalue weighted by atomic mass is 10.0. The van der Waals surface area contributed by atoms with Gasteiger partial charge >= 0.3 is 6.03 Å². The molecule has 0 saturated carbocycles. The van der Waals surface area contributed by atoms with Gasteiger partial charge in [0, 0.05) is 0 Å². The Kier molecular flexibility index (Phi) is 4.44. The number of aryl methyl sites for hydroxylation is 1. The van der Waals surface area contributed by atoms with E-state index in [1.165, 1.54) is 0 Å². The molecule has 126 valence electrons. The molecule has 3 rings (SSSR count). The molecule has 1 atom stereocenters. The highest BCUT2D eigenvalue weighted by atomic mass is 32.2. The van der Waals surface area contributed by atoms with Gasteiger partial charge in [-0.2, -0.15) is 0 Å². The molecule has 0 aliphatic carbocycles. The molecule has 6 nitrogen and oxygen atoms in total. The van der Waals surface area contributed by atoms with Crippen LogP contribution < -0.4 is 15.8 Å². The van der Waals surface area contributed by atoms with Crippen LogP contribution in [0.1, 0.15) is 12.0 Å². The fourth-order valence-electron chi connectivity index (χ4n) is 2.67. The summed E-state index contributed by atoms with van der Waals surface area (Å²) in [7, 11) is -3.59. The molecule has 2 aromatic rings. The van der Waals surface area contributed by atoms with Gasteiger partial charge < -0.3 is 15.8 Å². The standard InChI is InChI=1S/C17H18N2O4S/c18-17(20)19-11-13-8-6-12-7-9-15(10-16(12)23-13)24(21,22)14-4-2-1-3-5-14/h1-5,7,9-10,13H,6,8,11H2,(H3,18,19,20). The molecule has 24 heavy (non-hydrogen) atoms. The molecule has 3 N–H and O–H groups in total. The molecule has 0 spiro atoms. The first kappa shape index (κ1) is 16.3. The molecular weight excluding hydrogens is 328 g/mol. The maximum Gasteiger partial charge on any atom is 0.312 e. The lowest BCUT2D eigenvalue weighted by molar-refractivity contribution is 0.170. The third-order valence-electron chi connectivity index (χ3n) is 3.94. The number of hydrogen-bond acceptors (Lipinski definition) is 4. The summed E-state index contributed by atoms with van der Waals surface area (Å²) in [4.78, 5) is 11.2. The van der Waals surface area contributed by atoms with Crippen molar-refractivity contribution in [2.24, 2.45) is 5.73 Å². The van der Waals surface area contributed by atoms with E-state index in [1.54, 1.807) is 48.5 Å². The second kappa shape index (κ2) is 6.52. The number of carbonyl (C=O) groups excluding carboxylic acids is 1. The normalized spacial score (nSPS) is 16.8. The van der Waals surface area contributed by atoms with Gasteiger partial charge in [0.25, 0.3) is 0 Å². The van der Waals surface area contributed by atoms with Crippen LogP contribution in [0.25, 0.3) is 0 Å². The largest absolute Gasteiger partial charge is 0.488 e. The smallest absolute Gasteiger partial charge is 0.312 e. The van der Waals surface area contributed by atoms with Gasteiger partial charge in [0.2, 0.25) is 9.84 Å². The number of urea groups is 1. The summed E-state index contributed by atoms with van der Waals surface area (Å²) in [5, 5.41) is 2.51. The summed E-state index contributed by atoms with van der Waals surface area (Å²) in [6, 6.07) is 12.6. The number of nitrogens with one attached hydrogen (secondary N) is 1. The number of nitrogens with two attached hydrogens (primary N) is 1. The van der Waals surface area contributed by atoms with Crippen molar-refractivity contribution in [1.82, 2.24) is 5.32 Å². The molecule has 0 aromatic heterocycles. The minimum atomic E-state index is -3.59. The highest BCUT2D eigenvalue weighted by Gasteiger charge is 2.24. The maximum atomic E-state index is 12.7. The van der Waals surface area contributed by atoms with Crippen molar-refractivity contribution >= 4 is 15.9 Å². The number of sulfone groups is 1. The Labute approximate surface area is 140 Å². The second-order valence-corrected chi connectivity index (χ2v) is 7.56. The summed E-state index contributed by atoms with van der Waals surface area (Å²) >= 11 is 0. The number of benzene rings is 2. The van der Waals surface area contributed by atoms with Crippen LogP contribution >= 0.6 is 0 Å². The number of ether oxygens (including phenoxy) is 1. The van der Waals surface area contributed by atoms with E-state index in [-0.39, 0.29) is 15.9 Å². The Balaban J connectivity index is 1.86. The van der Waals surface area contributed by atoms with Crippen molar-refractivity contribution in [3.05, 3.63) is 54.1 Å². The van der Waals surface area contributed by atoms with Gasteiger partial charge in [-0.1, -0.05) is 24.3 Å². The fourth-order valence-corrected chi connectivity index (χ4v) is 3.96. The van der Waals surface area contributed by atoms with Crippen molar-refractivity contribution < 1.29 is 17.9 Å². The van der Waals surface area contributed by atoms with Crippen LogP contribution in [0.2, 0.25) is 0 Å². The van der Waals surface area contributed by atoms with Gasteiger partial charge in [-0.05, 0) is 42.7 Å². The summed E-state index contributed by atoms with van der Waals surface area (Å²) in [5.74, 6) is 0.537. The Hall–Kier alpha value is -2.54. The molecule has 1 aliphatic heterocycles. The lowest BCUT2D eigenvalue weighted by Crippen LogP contribution is -2.39. The fraction of sp³-hybridized carbons (Fsp3) is 0.235. The van der Waals surface area contributed by atoms with E-state index in [4.69, 9.17) is 10.5 Å². The first-order valence-electron chi connectivity index (χ1n) is 7.60. The topological polar surface area (TPSA) is 98.5 Å². The third kappa shape index (κ3) is 3.35. The third-order valence-corrected chi connectivity index (χ3v) is 5.70. The molecule has 0 radical (unpaired) electrons.